The maximum atomic E-state index is 12.7. The van der Waals surface area contributed by atoms with Crippen LogP contribution in [0.1, 0.15) is 25.3 Å². The topological polar surface area (TPSA) is 26.3 Å². The molecule has 0 N–H and O–H groups in total. The maximum Gasteiger partial charge on any atom is 0.339 e. The Morgan fingerprint density at radius 1 is 0.917 bits per heavy atom. The SMILES string of the molecule is CCCC(=Cc1ccccc1)C(=O)Oc1cccc2ccccc12. The largest absolute Gasteiger partial charge is 0.423 e. The van der Waals surface area contributed by atoms with Gasteiger partial charge in [-0.3, -0.25) is 0 Å². The summed E-state index contributed by atoms with van der Waals surface area (Å²) in [6.07, 6.45) is 3.50. The number of ether oxygens (including phenoxy) is 1. The van der Waals surface area contributed by atoms with Gasteiger partial charge in [0, 0.05) is 11.0 Å². The van der Waals surface area contributed by atoms with Crippen molar-refractivity contribution in [3.05, 3.63) is 83.9 Å². The summed E-state index contributed by atoms with van der Waals surface area (Å²) < 4.78 is 5.71. The van der Waals surface area contributed by atoms with E-state index in [-0.39, 0.29) is 5.97 Å². The van der Waals surface area contributed by atoms with E-state index in [1.54, 1.807) is 0 Å². The van der Waals surface area contributed by atoms with Crippen LogP contribution in [0.3, 0.4) is 0 Å². The lowest BCUT2D eigenvalue weighted by Gasteiger charge is -2.10. The Morgan fingerprint density at radius 2 is 1.62 bits per heavy atom. The summed E-state index contributed by atoms with van der Waals surface area (Å²) in [7, 11) is 0. The standard InChI is InChI=1S/C22H20O2/c1-2-9-19(16-17-10-4-3-5-11-17)22(23)24-21-15-8-13-18-12-6-7-14-20(18)21/h3-8,10-16H,2,9H2,1H3. The van der Waals surface area contributed by atoms with E-state index in [1.807, 2.05) is 78.9 Å². The first kappa shape index (κ1) is 16.0. The van der Waals surface area contributed by atoms with E-state index in [0.717, 1.165) is 22.8 Å². The average molecular weight is 316 g/mol. The molecule has 0 aliphatic heterocycles. The monoisotopic (exact) mass is 316 g/mol. The molecule has 0 heterocycles. The Bertz CT molecular complexity index is 858. The molecule has 0 aromatic heterocycles. The number of rotatable bonds is 5. The van der Waals surface area contributed by atoms with Gasteiger partial charge in [-0.1, -0.05) is 80.1 Å². The van der Waals surface area contributed by atoms with Crippen molar-refractivity contribution >= 4 is 22.8 Å². The van der Waals surface area contributed by atoms with Crippen LogP contribution >= 0.6 is 0 Å². The van der Waals surface area contributed by atoms with Gasteiger partial charge in [-0.15, -0.1) is 0 Å². The Kier molecular flexibility index (Phi) is 5.07. The van der Waals surface area contributed by atoms with Gasteiger partial charge in [-0.25, -0.2) is 4.79 Å². The van der Waals surface area contributed by atoms with Gasteiger partial charge in [0.15, 0.2) is 0 Å². The highest BCUT2D eigenvalue weighted by molar-refractivity contribution is 5.97. The highest BCUT2D eigenvalue weighted by Gasteiger charge is 2.13. The van der Waals surface area contributed by atoms with Gasteiger partial charge in [0.25, 0.3) is 0 Å². The Hall–Kier alpha value is -2.87. The Labute approximate surface area is 142 Å². The molecule has 0 radical (unpaired) electrons. The fourth-order valence-corrected chi connectivity index (χ4v) is 2.70. The number of fused-ring (bicyclic) bond motifs is 1. The van der Waals surface area contributed by atoms with Crippen LogP contribution in [0.25, 0.3) is 16.8 Å². The summed E-state index contributed by atoms with van der Waals surface area (Å²) >= 11 is 0. The van der Waals surface area contributed by atoms with Gasteiger partial charge in [0.1, 0.15) is 5.75 Å². The predicted octanol–water partition coefficient (Wildman–Crippen LogP) is 5.63. The zero-order valence-corrected chi connectivity index (χ0v) is 13.7. The molecule has 24 heavy (non-hydrogen) atoms. The van der Waals surface area contributed by atoms with Crippen molar-refractivity contribution in [2.75, 3.05) is 0 Å². The van der Waals surface area contributed by atoms with Crippen molar-refractivity contribution in [1.29, 1.82) is 0 Å². The fourth-order valence-electron chi connectivity index (χ4n) is 2.70. The van der Waals surface area contributed by atoms with Crippen molar-refractivity contribution in [3.8, 4) is 5.75 Å². The van der Waals surface area contributed by atoms with Gasteiger partial charge in [-0.05, 0) is 29.5 Å². The van der Waals surface area contributed by atoms with Crippen LogP contribution in [0.2, 0.25) is 0 Å². The van der Waals surface area contributed by atoms with Crippen LogP contribution in [0, 0.1) is 0 Å². The third kappa shape index (κ3) is 3.72. The normalized spacial score (nSPS) is 11.5. The quantitative estimate of drug-likeness (QED) is 0.346. The lowest BCUT2D eigenvalue weighted by atomic mass is 10.1. The number of carbonyl (C=O) groups excluding carboxylic acids is 1. The van der Waals surface area contributed by atoms with Crippen molar-refractivity contribution in [2.24, 2.45) is 0 Å². The van der Waals surface area contributed by atoms with Gasteiger partial charge in [-0.2, -0.15) is 0 Å². The van der Waals surface area contributed by atoms with Crippen molar-refractivity contribution < 1.29 is 9.53 Å². The molecule has 120 valence electrons. The molecule has 0 aliphatic carbocycles. The molecule has 0 fully saturated rings. The highest BCUT2D eigenvalue weighted by atomic mass is 16.5. The fraction of sp³-hybridized carbons (Fsp3) is 0.136. The predicted molar refractivity (Wildman–Crippen MR) is 98.9 cm³/mol. The van der Waals surface area contributed by atoms with Crippen LogP contribution in [-0.2, 0) is 4.79 Å². The van der Waals surface area contributed by atoms with Crippen LogP contribution in [0.15, 0.2) is 78.4 Å². The number of esters is 1. The molecule has 0 bridgehead atoms. The summed E-state index contributed by atoms with van der Waals surface area (Å²) in [5.74, 6) is 0.324. The van der Waals surface area contributed by atoms with Crippen LogP contribution < -0.4 is 4.74 Å². The zero-order valence-electron chi connectivity index (χ0n) is 13.7. The van der Waals surface area contributed by atoms with E-state index in [1.165, 1.54) is 0 Å². The number of carbonyl (C=O) groups is 1. The highest BCUT2D eigenvalue weighted by Crippen LogP contribution is 2.26. The molecule has 3 rings (SSSR count). The lowest BCUT2D eigenvalue weighted by Crippen LogP contribution is -2.11. The minimum atomic E-state index is -0.281. The van der Waals surface area contributed by atoms with E-state index in [4.69, 9.17) is 4.74 Å². The summed E-state index contributed by atoms with van der Waals surface area (Å²) in [5.41, 5.74) is 1.70. The van der Waals surface area contributed by atoms with Crippen LogP contribution in [0.4, 0.5) is 0 Å². The molecule has 0 unspecified atom stereocenters. The summed E-state index contributed by atoms with van der Waals surface area (Å²) in [6.45, 7) is 2.06. The summed E-state index contributed by atoms with van der Waals surface area (Å²) in [5, 5.41) is 2.01. The molecule has 0 saturated heterocycles. The van der Waals surface area contributed by atoms with Gasteiger partial charge in [0.05, 0.1) is 0 Å². The summed E-state index contributed by atoms with van der Waals surface area (Å²) in [4.78, 5) is 12.7. The summed E-state index contributed by atoms with van der Waals surface area (Å²) in [6, 6.07) is 23.5. The third-order valence-corrected chi connectivity index (χ3v) is 3.87. The van der Waals surface area contributed by atoms with Gasteiger partial charge in [0.2, 0.25) is 0 Å². The van der Waals surface area contributed by atoms with E-state index < -0.39 is 0 Å². The lowest BCUT2D eigenvalue weighted by molar-refractivity contribution is -0.130. The molecule has 2 heteroatoms. The van der Waals surface area contributed by atoms with Crippen molar-refractivity contribution in [3.63, 3.8) is 0 Å². The molecule has 0 amide bonds. The third-order valence-electron chi connectivity index (χ3n) is 3.87. The van der Waals surface area contributed by atoms with E-state index in [0.29, 0.717) is 17.7 Å². The minimum Gasteiger partial charge on any atom is -0.423 e. The molecule has 2 nitrogen and oxygen atoms in total. The van der Waals surface area contributed by atoms with Crippen LogP contribution in [0.5, 0.6) is 5.75 Å². The molecule has 3 aromatic rings. The number of benzene rings is 3. The molecular weight excluding hydrogens is 296 g/mol. The smallest absolute Gasteiger partial charge is 0.339 e. The molecule has 0 spiro atoms. The van der Waals surface area contributed by atoms with E-state index in [9.17, 15) is 4.79 Å². The zero-order chi connectivity index (χ0) is 16.8. The average Bonchev–Trinajstić information content (AvgIpc) is 2.62. The molecule has 0 aliphatic rings. The second-order valence-electron chi connectivity index (χ2n) is 5.70. The Morgan fingerprint density at radius 3 is 2.42 bits per heavy atom. The number of hydrogen-bond donors (Lipinski definition) is 0. The maximum absolute atomic E-state index is 12.7. The molecule has 3 aromatic carbocycles. The molecular formula is C22H20O2. The van der Waals surface area contributed by atoms with Gasteiger partial charge >= 0.3 is 5.97 Å². The first-order chi connectivity index (χ1) is 11.8. The molecule has 0 atom stereocenters. The van der Waals surface area contributed by atoms with Crippen molar-refractivity contribution in [1.82, 2.24) is 0 Å². The first-order valence-electron chi connectivity index (χ1n) is 8.23. The van der Waals surface area contributed by atoms with E-state index in [2.05, 4.69) is 6.92 Å². The second kappa shape index (κ2) is 7.60. The molecule has 0 saturated carbocycles. The first-order valence-corrected chi connectivity index (χ1v) is 8.23. The van der Waals surface area contributed by atoms with Gasteiger partial charge < -0.3 is 4.74 Å². The van der Waals surface area contributed by atoms with Crippen LogP contribution in [-0.4, -0.2) is 5.97 Å². The Balaban J connectivity index is 1.89. The second-order valence-corrected chi connectivity index (χ2v) is 5.70. The van der Waals surface area contributed by atoms with E-state index >= 15 is 0 Å². The number of hydrogen-bond acceptors (Lipinski definition) is 2. The minimum absolute atomic E-state index is 0.281. The van der Waals surface area contributed by atoms with Crippen molar-refractivity contribution in [2.45, 2.75) is 19.8 Å².